The number of nitrogens with zero attached hydrogens (tertiary/aromatic N) is 1. The lowest BCUT2D eigenvalue weighted by Gasteiger charge is -2.20. The molecule has 0 fully saturated rings. The Bertz CT molecular complexity index is 835. The fourth-order valence-corrected chi connectivity index (χ4v) is 3.44. The van der Waals surface area contributed by atoms with Gasteiger partial charge in [-0.3, -0.25) is 4.31 Å². The Morgan fingerprint density at radius 3 is 2.22 bits per heavy atom. The van der Waals surface area contributed by atoms with E-state index in [1.165, 1.54) is 56.6 Å². The van der Waals surface area contributed by atoms with Crippen LogP contribution in [0.15, 0.2) is 47.4 Å². The van der Waals surface area contributed by atoms with Gasteiger partial charge in [0.05, 0.1) is 28.3 Å². The van der Waals surface area contributed by atoms with Crippen LogP contribution in [0.5, 0.6) is 0 Å². The number of rotatable bonds is 4. The zero-order valence-corrected chi connectivity index (χ0v) is 14.6. The second kappa shape index (κ2) is 6.78. The monoisotopic (exact) mass is 373 g/mol. The number of benzene rings is 2. The maximum absolute atomic E-state index is 12.6. The number of anilines is 1. The highest BCUT2D eigenvalue weighted by molar-refractivity contribution is 7.92. The Labute approximate surface area is 144 Å². The summed E-state index contributed by atoms with van der Waals surface area (Å²) in [5.41, 5.74) is 0.479. The van der Waals surface area contributed by atoms with E-state index in [1.54, 1.807) is 0 Å². The van der Waals surface area contributed by atoms with Crippen molar-refractivity contribution in [2.75, 3.05) is 18.5 Å². The van der Waals surface area contributed by atoms with E-state index < -0.39 is 16.0 Å². The zero-order chi connectivity index (χ0) is 17.2. The number of hydrogen-bond donors (Lipinski definition) is 0. The number of hydrogen-bond acceptors (Lipinski definition) is 4. The molecule has 0 saturated heterocycles. The normalized spacial score (nSPS) is 11.1. The van der Waals surface area contributed by atoms with E-state index in [0.29, 0.717) is 10.7 Å². The minimum atomic E-state index is -3.76. The maximum Gasteiger partial charge on any atom is 0.339 e. The second-order valence-electron chi connectivity index (χ2n) is 4.58. The van der Waals surface area contributed by atoms with Crippen LogP contribution in [0.4, 0.5) is 5.69 Å². The molecule has 8 heteroatoms. The van der Waals surface area contributed by atoms with Crippen molar-refractivity contribution in [3.05, 3.63) is 58.1 Å². The first-order valence-electron chi connectivity index (χ1n) is 6.39. The van der Waals surface area contributed by atoms with Gasteiger partial charge in [0, 0.05) is 12.1 Å². The van der Waals surface area contributed by atoms with E-state index in [1.807, 2.05) is 0 Å². The molecular weight excluding hydrogens is 361 g/mol. The summed E-state index contributed by atoms with van der Waals surface area (Å²) in [6.45, 7) is 0. The highest BCUT2D eigenvalue weighted by Gasteiger charge is 2.22. The first kappa shape index (κ1) is 17.6. The summed E-state index contributed by atoms with van der Waals surface area (Å²) in [6, 6.07) is 10.1. The van der Waals surface area contributed by atoms with Crippen LogP contribution in [0.25, 0.3) is 0 Å². The van der Waals surface area contributed by atoms with Gasteiger partial charge in [-0.05, 0) is 42.5 Å². The summed E-state index contributed by atoms with van der Waals surface area (Å²) in [7, 11) is -1.13. The first-order chi connectivity index (χ1) is 10.8. The highest BCUT2D eigenvalue weighted by Crippen LogP contribution is 2.27. The molecule has 0 bridgehead atoms. The number of halogens is 2. The van der Waals surface area contributed by atoms with Gasteiger partial charge in [-0.15, -0.1) is 0 Å². The molecule has 0 aliphatic heterocycles. The SMILES string of the molecule is COC(=O)c1ccc(N(C)S(=O)(=O)c2ccc(Cl)cc2)cc1Cl. The Balaban J connectivity index is 2.40. The molecule has 0 unspecified atom stereocenters. The summed E-state index contributed by atoms with van der Waals surface area (Å²) in [5, 5.41) is 0.546. The molecule has 0 aliphatic rings. The van der Waals surface area contributed by atoms with Crippen LogP contribution in [-0.4, -0.2) is 28.5 Å². The molecule has 0 radical (unpaired) electrons. The second-order valence-corrected chi connectivity index (χ2v) is 7.40. The molecule has 5 nitrogen and oxygen atoms in total. The standard InChI is InChI=1S/C15H13Cl2NO4S/c1-18(23(20,21)12-6-3-10(16)4-7-12)11-5-8-13(14(17)9-11)15(19)22-2/h3-9H,1-2H3. The molecule has 0 saturated carbocycles. The maximum atomic E-state index is 12.6. The first-order valence-corrected chi connectivity index (χ1v) is 8.59. The van der Waals surface area contributed by atoms with Crippen LogP contribution >= 0.6 is 23.2 Å². The summed E-state index contributed by atoms with van der Waals surface area (Å²) in [5.74, 6) is -0.593. The van der Waals surface area contributed by atoms with Crippen molar-refractivity contribution >= 4 is 44.9 Å². The van der Waals surface area contributed by atoms with Crippen LogP contribution in [0.2, 0.25) is 10.0 Å². The van der Waals surface area contributed by atoms with Gasteiger partial charge in [-0.25, -0.2) is 13.2 Å². The van der Waals surface area contributed by atoms with Gasteiger partial charge in [-0.1, -0.05) is 23.2 Å². The topological polar surface area (TPSA) is 63.7 Å². The molecule has 2 aromatic carbocycles. The Kier molecular flexibility index (Phi) is 5.19. The number of methoxy groups -OCH3 is 1. The predicted octanol–water partition coefficient (Wildman–Crippen LogP) is 3.61. The van der Waals surface area contributed by atoms with Crippen molar-refractivity contribution < 1.29 is 17.9 Å². The lowest BCUT2D eigenvalue weighted by Crippen LogP contribution is -2.26. The molecular formula is C15H13Cl2NO4S. The van der Waals surface area contributed by atoms with Crippen LogP contribution in [0, 0.1) is 0 Å². The Hall–Kier alpha value is -1.76. The van der Waals surface area contributed by atoms with Gasteiger partial charge in [0.25, 0.3) is 10.0 Å². The predicted molar refractivity (Wildman–Crippen MR) is 89.8 cm³/mol. The lowest BCUT2D eigenvalue weighted by atomic mass is 10.2. The average molecular weight is 374 g/mol. The quantitative estimate of drug-likeness (QED) is 0.767. The third kappa shape index (κ3) is 3.60. The number of carbonyl (C=O) groups is 1. The lowest BCUT2D eigenvalue weighted by molar-refractivity contribution is 0.0601. The molecule has 0 atom stereocenters. The highest BCUT2D eigenvalue weighted by atomic mass is 35.5. The summed E-state index contributed by atoms with van der Waals surface area (Å²) < 4.78 is 30.8. The molecule has 0 aliphatic carbocycles. The van der Waals surface area contributed by atoms with Crippen LogP contribution in [0.3, 0.4) is 0 Å². The van der Waals surface area contributed by atoms with Gasteiger partial charge < -0.3 is 4.74 Å². The van der Waals surface area contributed by atoms with Gasteiger partial charge >= 0.3 is 5.97 Å². The third-order valence-corrected chi connectivity index (χ3v) is 5.56. The van der Waals surface area contributed by atoms with E-state index in [0.717, 1.165) is 4.31 Å². The van der Waals surface area contributed by atoms with E-state index in [9.17, 15) is 13.2 Å². The average Bonchev–Trinajstić information content (AvgIpc) is 2.53. The van der Waals surface area contributed by atoms with Crippen molar-refractivity contribution in [2.24, 2.45) is 0 Å². The van der Waals surface area contributed by atoms with Crippen molar-refractivity contribution in [1.29, 1.82) is 0 Å². The smallest absolute Gasteiger partial charge is 0.339 e. The Morgan fingerprint density at radius 2 is 1.70 bits per heavy atom. The van der Waals surface area contributed by atoms with Crippen molar-refractivity contribution in [3.8, 4) is 0 Å². The van der Waals surface area contributed by atoms with Crippen molar-refractivity contribution in [1.82, 2.24) is 0 Å². The summed E-state index contributed by atoms with van der Waals surface area (Å²) in [4.78, 5) is 11.6. The molecule has 0 N–H and O–H groups in total. The zero-order valence-electron chi connectivity index (χ0n) is 12.3. The van der Waals surface area contributed by atoms with Crippen LogP contribution < -0.4 is 4.31 Å². The van der Waals surface area contributed by atoms with Gasteiger partial charge in [-0.2, -0.15) is 0 Å². The molecule has 2 rings (SSSR count). The van der Waals surface area contributed by atoms with Gasteiger partial charge in [0.15, 0.2) is 0 Å². The van der Waals surface area contributed by atoms with Crippen molar-refractivity contribution in [2.45, 2.75) is 4.90 Å². The largest absolute Gasteiger partial charge is 0.465 e. The molecule has 122 valence electrons. The summed E-state index contributed by atoms with van der Waals surface area (Å²) in [6.07, 6.45) is 0. The van der Waals surface area contributed by atoms with Gasteiger partial charge in [0.2, 0.25) is 0 Å². The minimum Gasteiger partial charge on any atom is -0.465 e. The Morgan fingerprint density at radius 1 is 1.09 bits per heavy atom. The molecule has 2 aromatic rings. The fraction of sp³-hybridized carbons (Fsp3) is 0.133. The number of esters is 1. The van der Waals surface area contributed by atoms with Crippen LogP contribution in [-0.2, 0) is 14.8 Å². The van der Waals surface area contributed by atoms with E-state index >= 15 is 0 Å². The van der Waals surface area contributed by atoms with E-state index in [4.69, 9.17) is 23.2 Å². The molecule has 23 heavy (non-hydrogen) atoms. The number of ether oxygens (including phenoxy) is 1. The van der Waals surface area contributed by atoms with Crippen molar-refractivity contribution in [3.63, 3.8) is 0 Å². The summed E-state index contributed by atoms with van der Waals surface area (Å²) >= 11 is 11.8. The molecule has 0 heterocycles. The molecule has 0 aromatic heterocycles. The fourth-order valence-electron chi connectivity index (χ4n) is 1.88. The van der Waals surface area contributed by atoms with Crippen LogP contribution in [0.1, 0.15) is 10.4 Å². The van der Waals surface area contributed by atoms with E-state index in [-0.39, 0.29) is 15.5 Å². The van der Waals surface area contributed by atoms with Gasteiger partial charge in [0.1, 0.15) is 0 Å². The van der Waals surface area contributed by atoms with E-state index in [2.05, 4.69) is 4.74 Å². The number of sulfonamides is 1. The molecule has 0 spiro atoms. The number of carbonyl (C=O) groups excluding carboxylic acids is 1. The third-order valence-electron chi connectivity index (χ3n) is 3.19. The molecule has 0 amide bonds. The minimum absolute atomic E-state index is 0.0950.